The Morgan fingerprint density at radius 3 is 2.86 bits per heavy atom. The van der Waals surface area contributed by atoms with Gasteiger partial charge in [0.2, 0.25) is 0 Å². The predicted octanol–water partition coefficient (Wildman–Crippen LogP) is 1.12. The molecule has 0 aliphatic rings. The van der Waals surface area contributed by atoms with Crippen LogP contribution < -0.4 is 10.4 Å². The molecule has 3 aromatic rings. The monoisotopic (exact) mass is 288 g/mol. The summed E-state index contributed by atoms with van der Waals surface area (Å²) < 4.78 is 12.0. The molecule has 0 atom stereocenters. The number of aromatic nitrogens is 4. The molecule has 0 radical (unpaired) electrons. The molecule has 8 heteroatoms. The zero-order valence-corrected chi connectivity index (χ0v) is 11.4. The van der Waals surface area contributed by atoms with Gasteiger partial charge in [-0.25, -0.2) is 9.59 Å². The van der Waals surface area contributed by atoms with E-state index in [0.29, 0.717) is 11.2 Å². The number of para-hydroxylation sites is 1. The fourth-order valence-corrected chi connectivity index (χ4v) is 2.07. The van der Waals surface area contributed by atoms with Crippen LogP contribution in [0, 0.1) is 0 Å². The van der Waals surface area contributed by atoms with Crippen molar-refractivity contribution in [2.24, 2.45) is 7.05 Å². The molecular weight excluding hydrogens is 276 g/mol. The van der Waals surface area contributed by atoms with E-state index in [-0.39, 0.29) is 18.3 Å². The maximum Gasteiger partial charge on any atom is 0.516 e. The Balaban J connectivity index is 2.21. The molecule has 0 saturated heterocycles. The van der Waals surface area contributed by atoms with Crippen molar-refractivity contribution in [1.29, 1.82) is 0 Å². The summed E-state index contributed by atoms with van der Waals surface area (Å²) in [7, 11) is 1.64. The number of hydrogen-bond acceptors (Lipinski definition) is 6. The highest BCUT2D eigenvalue weighted by Gasteiger charge is 2.16. The molecule has 0 spiro atoms. The van der Waals surface area contributed by atoms with Gasteiger partial charge >= 0.3 is 17.9 Å². The van der Waals surface area contributed by atoms with E-state index in [1.165, 1.54) is 4.57 Å². The molecular formula is C13H12N4O4. The summed E-state index contributed by atoms with van der Waals surface area (Å²) >= 11 is 0. The van der Waals surface area contributed by atoms with Crippen molar-refractivity contribution < 1.29 is 14.3 Å². The van der Waals surface area contributed by atoms with Gasteiger partial charge in [0.1, 0.15) is 0 Å². The third-order valence-corrected chi connectivity index (χ3v) is 3.00. The van der Waals surface area contributed by atoms with Gasteiger partial charge < -0.3 is 9.47 Å². The molecule has 108 valence electrons. The van der Waals surface area contributed by atoms with Crippen LogP contribution >= 0.6 is 0 Å². The summed E-state index contributed by atoms with van der Waals surface area (Å²) in [4.78, 5) is 27.6. The smallest absolute Gasteiger partial charge is 0.434 e. The molecule has 21 heavy (non-hydrogen) atoms. The Morgan fingerprint density at radius 2 is 2.10 bits per heavy atom. The van der Waals surface area contributed by atoms with E-state index >= 15 is 0 Å². The Labute approximate surface area is 118 Å². The van der Waals surface area contributed by atoms with Crippen LogP contribution in [0.5, 0.6) is 6.01 Å². The quantitative estimate of drug-likeness (QED) is 0.656. The summed E-state index contributed by atoms with van der Waals surface area (Å²) in [5, 5.41) is 4.62. The van der Waals surface area contributed by atoms with Crippen molar-refractivity contribution in [2.75, 3.05) is 6.61 Å². The van der Waals surface area contributed by atoms with Crippen molar-refractivity contribution in [2.45, 2.75) is 6.92 Å². The molecule has 0 unspecified atom stereocenters. The first kappa shape index (κ1) is 13.1. The maximum atomic E-state index is 12.2. The number of hydrogen-bond donors (Lipinski definition) is 0. The van der Waals surface area contributed by atoms with Gasteiger partial charge in [-0.15, -0.1) is 5.10 Å². The fraction of sp³-hybridized carbons (Fsp3) is 0.231. The van der Waals surface area contributed by atoms with Gasteiger partial charge in [0.15, 0.2) is 5.65 Å². The minimum Gasteiger partial charge on any atom is -0.434 e. The van der Waals surface area contributed by atoms with Gasteiger partial charge in [0.25, 0.3) is 0 Å². The highest BCUT2D eigenvalue weighted by Crippen LogP contribution is 2.17. The summed E-state index contributed by atoms with van der Waals surface area (Å²) in [5.74, 6) is 0. The van der Waals surface area contributed by atoms with Crippen molar-refractivity contribution >= 4 is 22.7 Å². The SMILES string of the molecule is CCOC(=O)Oc1nc2c3ccccc3n(C)c(=O)n2n1. The second-order valence-electron chi connectivity index (χ2n) is 4.27. The first-order chi connectivity index (χ1) is 10.1. The fourth-order valence-electron chi connectivity index (χ4n) is 2.07. The van der Waals surface area contributed by atoms with Gasteiger partial charge in [-0.05, 0) is 19.1 Å². The number of nitrogens with zero attached hydrogens (tertiary/aromatic N) is 4. The van der Waals surface area contributed by atoms with E-state index in [2.05, 4.69) is 14.8 Å². The van der Waals surface area contributed by atoms with Gasteiger partial charge in [-0.2, -0.15) is 9.50 Å². The third kappa shape index (κ3) is 2.10. The molecule has 3 rings (SSSR count). The standard InChI is InChI=1S/C13H12N4O4/c1-3-20-13(19)21-11-14-10-8-6-4-5-7-9(8)16(2)12(18)17(10)15-11/h4-7H,3H2,1-2H3. The lowest BCUT2D eigenvalue weighted by atomic mass is 10.2. The molecule has 0 aliphatic carbocycles. The van der Waals surface area contributed by atoms with Crippen LogP contribution in [0.2, 0.25) is 0 Å². The molecule has 0 fully saturated rings. The number of carbonyl (C=O) groups excluding carboxylic acids is 1. The van der Waals surface area contributed by atoms with E-state index in [9.17, 15) is 9.59 Å². The van der Waals surface area contributed by atoms with E-state index in [0.717, 1.165) is 9.90 Å². The highest BCUT2D eigenvalue weighted by atomic mass is 16.7. The Morgan fingerprint density at radius 1 is 1.33 bits per heavy atom. The third-order valence-electron chi connectivity index (χ3n) is 3.00. The lowest BCUT2D eigenvalue weighted by Gasteiger charge is -2.04. The maximum absolute atomic E-state index is 12.2. The molecule has 0 N–H and O–H groups in total. The number of rotatable bonds is 2. The van der Waals surface area contributed by atoms with Crippen LogP contribution in [-0.4, -0.2) is 31.9 Å². The first-order valence-electron chi connectivity index (χ1n) is 6.31. The number of benzene rings is 1. The van der Waals surface area contributed by atoms with Crippen LogP contribution in [0.25, 0.3) is 16.6 Å². The molecule has 8 nitrogen and oxygen atoms in total. The average Bonchev–Trinajstić information content (AvgIpc) is 2.89. The topological polar surface area (TPSA) is 87.7 Å². The van der Waals surface area contributed by atoms with Crippen molar-refractivity contribution in [3.63, 3.8) is 0 Å². The van der Waals surface area contributed by atoms with Crippen molar-refractivity contribution in [3.05, 3.63) is 34.7 Å². The molecule has 0 aliphatic heterocycles. The average molecular weight is 288 g/mol. The minimum atomic E-state index is -0.908. The zero-order valence-electron chi connectivity index (χ0n) is 11.4. The Kier molecular flexibility index (Phi) is 3.05. The highest BCUT2D eigenvalue weighted by molar-refractivity contribution is 5.91. The molecule has 0 saturated carbocycles. The van der Waals surface area contributed by atoms with Gasteiger partial charge in [-0.1, -0.05) is 12.1 Å². The van der Waals surface area contributed by atoms with Crippen LogP contribution in [-0.2, 0) is 11.8 Å². The second kappa shape index (κ2) is 4.89. The van der Waals surface area contributed by atoms with E-state index in [1.54, 1.807) is 20.0 Å². The van der Waals surface area contributed by atoms with Crippen LogP contribution in [0.3, 0.4) is 0 Å². The Bertz CT molecular complexity index is 896. The molecule has 1 aromatic carbocycles. The summed E-state index contributed by atoms with van der Waals surface area (Å²) in [5.41, 5.74) is 0.660. The molecule has 0 bridgehead atoms. The second-order valence-corrected chi connectivity index (χ2v) is 4.27. The normalized spacial score (nSPS) is 11.0. The number of ether oxygens (including phenoxy) is 2. The minimum absolute atomic E-state index is 0.177. The summed E-state index contributed by atoms with van der Waals surface area (Å²) in [6.07, 6.45) is -0.908. The van der Waals surface area contributed by atoms with Gasteiger partial charge in [0.05, 0.1) is 12.1 Å². The first-order valence-corrected chi connectivity index (χ1v) is 6.31. The van der Waals surface area contributed by atoms with E-state index in [1.807, 2.05) is 18.2 Å². The van der Waals surface area contributed by atoms with Crippen molar-refractivity contribution in [1.82, 2.24) is 19.2 Å². The van der Waals surface area contributed by atoms with E-state index in [4.69, 9.17) is 4.74 Å². The Hall–Kier alpha value is -2.90. The van der Waals surface area contributed by atoms with Crippen LogP contribution in [0.1, 0.15) is 6.92 Å². The summed E-state index contributed by atoms with van der Waals surface area (Å²) in [6.45, 7) is 1.83. The number of carbonyl (C=O) groups is 1. The number of aryl methyl sites for hydroxylation is 1. The van der Waals surface area contributed by atoms with Gasteiger partial charge in [-0.3, -0.25) is 4.57 Å². The van der Waals surface area contributed by atoms with Crippen LogP contribution in [0.4, 0.5) is 4.79 Å². The number of fused-ring (bicyclic) bond motifs is 3. The van der Waals surface area contributed by atoms with Crippen molar-refractivity contribution in [3.8, 4) is 6.01 Å². The largest absolute Gasteiger partial charge is 0.516 e. The molecule has 0 amide bonds. The lowest BCUT2D eigenvalue weighted by Crippen LogP contribution is -2.25. The summed E-state index contributed by atoms with van der Waals surface area (Å²) in [6, 6.07) is 7.05. The van der Waals surface area contributed by atoms with E-state index < -0.39 is 6.16 Å². The molecule has 2 aromatic heterocycles. The van der Waals surface area contributed by atoms with Gasteiger partial charge in [0, 0.05) is 12.4 Å². The predicted molar refractivity (Wildman–Crippen MR) is 73.4 cm³/mol. The zero-order chi connectivity index (χ0) is 15.0. The molecule has 2 heterocycles. The lowest BCUT2D eigenvalue weighted by molar-refractivity contribution is 0.101. The van der Waals surface area contributed by atoms with Crippen LogP contribution in [0.15, 0.2) is 29.1 Å².